The van der Waals surface area contributed by atoms with Gasteiger partial charge in [0.05, 0.1) is 34.9 Å². The number of nitrogens with two attached hydrogens (primary N) is 1. The molecule has 2 rings (SSSR count). The Morgan fingerprint density at radius 3 is 2.65 bits per heavy atom. The largest absolute Gasteiger partial charge is 0.396 e. The molecule has 0 aliphatic carbocycles. The highest BCUT2D eigenvalue weighted by Gasteiger charge is 2.08. The van der Waals surface area contributed by atoms with E-state index in [1.165, 1.54) is 0 Å². The Balaban J connectivity index is 2.42. The molecule has 17 heavy (non-hydrogen) atoms. The highest BCUT2D eigenvalue weighted by Crippen LogP contribution is 2.18. The van der Waals surface area contributed by atoms with Gasteiger partial charge in [-0.1, -0.05) is 13.3 Å². The highest BCUT2D eigenvalue weighted by molar-refractivity contribution is 5.47. The first-order valence-electron chi connectivity index (χ1n) is 5.59. The quantitative estimate of drug-likeness (QED) is 0.873. The Kier molecular flexibility index (Phi) is 3.10. The fraction of sp³-hybridized carbons (Fsp3) is 0.231. The average Bonchev–Trinajstić information content (AvgIpc) is 2.72. The molecule has 0 spiro atoms. The fourth-order valence-corrected chi connectivity index (χ4v) is 1.77. The molecule has 1 aromatic carbocycles. The van der Waals surface area contributed by atoms with Crippen molar-refractivity contribution in [3.8, 4) is 11.8 Å². The van der Waals surface area contributed by atoms with Crippen molar-refractivity contribution < 1.29 is 0 Å². The molecule has 0 amide bonds. The van der Waals surface area contributed by atoms with Crippen LogP contribution in [0.4, 0.5) is 5.69 Å². The van der Waals surface area contributed by atoms with Crippen molar-refractivity contribution in [2.75, 3.05) is 5.73 Å². The smallest absolute Gasteiger partial charge is 0.0991 e. The van der Waals surface area contributed by atoms with Crippen LogP contribution >= 0.6 is 0 Å². The van der Waals surface area contributed by atoms with Gasteiger partial charge < -0.3 is 5.73 Å². The Bertz CT molecular complexity index is 546. The summed E-state index contributed by atoms with van der Waals surface area (Å²) in [5, 5.41) is 13.0. The number of rotatable bonds is 3. The molecule has 0 aliphatic heterocycles. The van der Waals surface area contributed by atoms with E-state index in [1.807, 2.05) is 16.8 Å². The van der Waals surface area contributed by atoms with E-state index >= 15 is 0 Å². The lowest BCUT2D eigenvalue weighted by Crippen LogP contribution is -2.03. The SMILES string of the molecule is CCCc1c(N)cnn1-c1ccc(C#N)cc1. The van der Waals surface area contributed by atoms with E-state index in [4.69, 9.17) is 11.0 Å². The zero-order valence-electron chi connectivity index (χ0n) is 9.72. The molecular weight excluding hydrogens is 212 g/mol. The minimum Gasteiger partial charge on any atom is -0.396 e. The lowest BCUT2D eigenvalue weighted by Gasteiger charge is -2.07. The van der Waals surface area contributed by atoms with E-state index in [1.54, 1.807) is 18.3 Å². The van der Waals surface area contributed by atoms with Crippen LogP contribution in [0.15, 0.2) is 30.5 Å². The van der Waals surface area contributed by atoms with Crippen LogP contribution in [0.25, 0.3) is 5.69 Å². The van der Waals surface area contributed by atoms with Crippen molar-refractivity contribution in [2.24, 2.45) is 0 Å². The highest BCUT2D eigenvalue weighted by atomic mass is 15.3. The molecule has 2 aromatic rings. The normalized spacial score (nSPS) is 10.1. The summed E-state index contributed by atoms with van der Waals surface area (Å²) in [6.07, 6.45) is 3.58. The Labute approximate surface area is 100 Å². The molecule has 0 saturated carbocycles. The van der Waals surface area contributed by atoms with E-state index in [9.17, 15) is 0 Å². The van der Waals surface area contributed by atoms with Gasteiger partial charge in [-0.2, -0.15) is 10.4 Å². The zero-order valence-corrected chi connectivity index (χ0v) is 9.72. The topological polar surface area (TPSA) is 67.6 Å². The van der Waals surface area contributed by atoms with Crippen molar-refractivity contribution in [1.29, 1.82) is 5.26 Å². The summed E-state index contributed by atoms with van der Waals surface area (Å²) in [6.45, 7) is 2.11. The van der Waals surface area contributed by atoms with Crippen LogP contribution in [0.1, 0.15) is 24.6 Å². The maximum atomic E-state index is 8.75. The Morgan fingerprint density at radius 2 is 2.06 bits per heavy atom. The molecule has 4 heteroatoms. The summed E-state index contributed by atoms with van der Waals surface area (Å²) < 4.78 is 1.83. The predicted octanol–water partition coefficient (Wildman–Crippen LogP) is 2.28. The molecule has 4 nitrogen and oxygen atoms in total. The van der Waals surface area contributed by atoms with Crippen molar-refractivity contribution >= 4 is 5.69 Å². The summed E-state index contributed by atoms with van der Waals surface area (Å²) in [4.78, 5) is 0. The van der Waals surface area contributed by atoms with Crippen LogP contribution < -0.4 is 5.73 Å². The van der Waals surface area contributed by atoms with Gasteiger partial charge in [0.25, 0.3) is 0 Å². The lowest BCUT2D eigenvalue weighted by atomic mass is 10.2. The molecule has 0 unspecified atom stereocenters. The monoisotopic (exact) mass is 226 g/mol. The number of hydrogen-bond donors (Lipinski definition) is 1. The first-order valence-corrected chi connectivity index (χ1v) is 5.59. The molecule has 0 bridgehead atoms. The molecule has 2 N–H and O–H groups in total. The second-order valence-corrected chi connectivity index (χ2v) is 3.87. The molecule has 0 fully saturated rings. The Hall–Kier alpha value is -2.28. The summed E-state index contributed by atoms with van der Waals surface area (Å²) in [6, 6.07) is 9.42. The van der Waals surface area contributed by atoms with Crippen molar-refractivity contribution in [2.45, 2.75) is 19.8 Å². The third-order valence-corrected chi connectivity index (χ3v) is 2.63. The number of nitrogens with zero attached hydrogens (tertiary/aromatic N) is 3. The number of hydrogen-bond acceptors (Lipinski definition) is 3. The number of anilines is 1. The molecule has 0 saturated heterocycles. The molecule has 86 valence electrons. The van der Waals surface area contributed by atoms with Crippen molar-refractivity contribution in [1.82, 2.24) is 9.78 Å². The van der Waals surface area contributed by atoms with Gasteiger partial charge in [-0.3, -0.25) is 0 Å². The van der Waals surface area contributed by atoms with E-state index in [0.29, 0.717) is 5.56 Å². The standard InChI is InChI=1S/C13H14N4/c1-2-3-13-12(15)9-16-17(13)11-6-4-10(8-14)5-7-11/h4-7,9H,2-3,15H2,1H3. The van der Waals surface area contributed by atoms with Crippen molar-refractivity contribution in [3.05, 3.63) is 41.7 Å². The second kappa shape index (κ2) is 4.71. The second-order valence-electron chi connectivity index (χ2n) is 3.87. The fourth-order valence-electron chi connectivity index (χ4n) is 1.77. The first-order chi connectivity index (χ1) is 8.26. The van der Waals surface area contributed by atoms with Gasteiger partial charge in [-0.05, 0) is 30.7 Å². The number of nitrogen functional groups attached to an aromatic ring is 1. The van der Waals surface area contributed by atoms with Crippen molar-refractivity contribution in [3.63, 3.8) is 0 Å². The van der Waals surface area contributed by atoms with Crippen LogP contribution in [-0.4, -0.2) is 9.78 Å². The maximum absolute atomic E-state index is 8.75. The zero-order chi connectivity index (χ0) is 12.3. The van der Waals surface area contributed by atoms with E-state index in [-0.39, 0.29) is 0 Å². The van der Waals surface area contributed by atoms with Crippen LogP contribution in [-0.2, 0) is 6.42 Å². The minimum absolute atomic E-state index is 0.644. The maximum Gasteiger partial charge on any atom is 0.0991 e. The lowest BCUT2D eigenvalue weighted by molar-refractivity contribution is 0.776. The van der Waals surface area contributed by atoms with Crippen LogP contribution in [0.3, 0.4) is 0 Å². The molecule has 0 atom stereocenters. The first kappa shape index (κ1) is 11.2. The molecule has 1 heterocycles. The van der Waals surface area contributed by atoms with E-state index < -0.39 is 0 Å². The van der Waals surface area contributed by atoms with Gasteiger partial charge in [0.15, 0.2) is 0 Å². The molecule has 0 radical (unpaired) electrons. The molecule has 0 aliphatic rings. The third kappa shape index (κ3) is 2.13. The summed E-state index contributed by atoms with van der Waals surface area (Å²) in [5.41, 5.74) is 9.21. The number of benzene rings is 1. The van der Waals surface area contributed by atoms with E-state index in [2.05, 4.69) is 18.1 Å². The van der Waals surface area contributed by atoms with Gasteiger partial charge in [-0.15, -0.1) is 0 Å². The van der Waals surface area contributed by atoms with Crippen LogP contribution in [0.2, 0.25) is 0 Å². The molecular formula is C13H14N4. The average molecular weight is 226 g/mol. The van der Waals surface area contributed by atoms with Gasteiger partial charge in [0.1, 0.15) is 0 Å². The Morgan fingerprint density at radius 1 is 1.35 bits per heavy atom. The minimum atomic E-state index is 0.644. The van der Waals surface area contributed by atoms with Gasteiger partial charge >= 0.3 is 0 Å². The van der Waals surface area contributed by atoms with Crippen LogP contribution in [0, 0.1) is 11.3 Å². The van der Waals surface area contributed by atoms with E-state index in [0.717, 1.165) is 29.9 Å². The predicted molar refractivity (Wildman–Crippen MR) is 66.7 cm³/mol. The van der Waals surface area contributed by atoms with Gasteiger partial charge in [0, 0.05) is 0 Å². The summed E-state index contributed by atoms with van der Waals surface area (Å²) in [5.74, 6) is 0. The molecule has 1 aromatic heterocycles. The summed E-state index contributed by atoms with van der Waals surface area (Å²) >= 11 is 0. The van der Waals surface area contributed by atoms with Gasteiger partial charge in [-0.25, -0.2) is 4.68 Å². The van der Waals surface area contributed by atoms with Gasteiger partial charge in [0.2, 0.25) is 0 Å². The number of nitriles is 1. The number of aromatic nitrogens is 2. The summed E-state index contributed by atoms with van der Waals surface area (Å²) in [7, 11) is 0. The van der Waals surface area contributed by atoms with Crippen LogP contribution in [0.5, 0.6) is 0 Å². The third-order valence-electron chi connectivity index (χ3n) is 2.63.